The molecular weight excluding hydrogens is 371 g/mol. The molecule has 0 saturated carbocycles. The molecule has 4 nitrogen and oxygen atoms in total. The zero-order valence-electron chi connectivity index (χ0n) is 14.5. The van der Waals surface area contributed by atoms with Gasteiger partial charge in [-0.3, -0.25) is 9.59 Å². The third kappa shape index (κ3) is 4.37. The molecular formula is C20H20Cl2N2O2. The Morgan fingerprint density at radius 3 is 2.42 bits per heavy atom. The first-order valence-electron chi connectivity index (χ1n) is 8.56. The molecule has 1 saturated heterocycles. The number of carbonyl (C=O) groups excluding carboxylic acids is 2. The third-order valence-corrected chi connectivity index (χ3v) is 5.15. The van der Waals surface area contributed by atoms with Crippen LogP contribution in [0.3, 0.4) is 0 Å². The molecule has 1 heterocycles. The second kappa shape index (κ2) is 8.11. The van der Waals surface area contributed by atoms with E-state index < -0.39 is 0 Å². The molecule has 6 heteroatoms. The van der Waals surface area contributed by atoms with Crippen LogP contribution in [0.25, 0.3) is 0 Å². The van der Waals surface area contributed by atoms with Gasteiger partial charge in [-0.05, 0) is 55.7 Å². The highest BCUT2D eigenvalue weighted by Gasteiger charge is 2.28. The van der Waals surface area contributed by atoms with E-state index in [1.807, 2.05) is 13.0 Å². The lowest BCUT2D eigenvalue weighted by Crippen LogP contribution is -2.41. The van der Waals surface area contributed by atoms with Gasteiger partial charge in [0.05, 0.1) is 0 Å². The number of hydrogen-bond acceptors (Lipinski definition) is 2. The molecule has 0 atom stereocenters. The van der Waals surface area contributed by atoms with E-state index in [1.54, 1.807) is 41.3 Å². The Morgan fingerprint density at radius 1 is 1.04 bits per heavy atom. The Morgan fingerprint density at radius 2 is 1.73 bits per heavy atom. The van der Waals surface area contributed by atoms with Crippen molar-refractivity contribution in [2.75, 3.05) is 18.4 Å². The van der Waals surface area contributed by atoms with Crippen molar-refractivity contribution in [1.29, 1.82) is 0 Å². The van der Waals surface area contributed by atoms with Crippen LogP contribution in [0.15, 0.2) is 42.5 Å². The van der Waals surface area contributed by atoms with E-state index in [1.165, 1.54) is 0 Å². The number of halogens is 2. The van der Waals surface area contributed by atoms with E-state index in [9.17, 15) is 9.59 Å². The van der Waals surface area contributed by atoms with E-state index in [-0.39, 0.29) is 17.7 Å². The monoisotopic (exact) mass is 390 g/mol. The highest BCUT2D eigenvalue weighted by Crippen LogP contribution is 2.24. The molecule has 1 fully saturated rings. The maximum Gasteiger partial charge on any atom is 0.253 e. The molecule has 136 valence electrons. The molecule has 1 N–H and O–H groups in total. The van der Waals surface area contributed by atoms with Gasteiger partial charge in [0.1, 0.15) is 0 Å². The minimum absolute atomic E-state index is 0.0229. The summed E-state index contributed by atoms with van der Waals surface area (Å²) in [4.78, 5) is 26.9. The minimum atomic E-state index is -0.114. The van der Waals surface area contributed by atoms with Crippen molar-refractivity contribution < 1.29 is 9.59 Å². The lowest BCUT2D eigenvalue weighted by molar-refractivity contribution is -0.121. The summed E-state index contributed by atoms with van der Waals surface area (Å²) in [6.45, 7) is 3.04. The summed E-state index contributed by atoms with van der Waals surface area (Å²) in [5, 5.41) is 4.09. The molecule has 26 heavy (non-hydrogen) atoms. The Labute approximate surface area is 163 Å². The number of amides is 2. The van der Waals surface area contributed by atoms with Gasteiger partial charge in [-0.1, -0.05) is 35.3 Å². The summed E-state index contributed by atoms with van der Waals surface area (Å²) in [7, 11) is 0. The summed E-state index contributed by atoms with van der Waals surface area (Å²) < 4.78 is 0. The summed E-state index contributed by atoms with van der Waals surface area (Å²) in [6, 6.07) is 12.4. The van der Waals surface area contributed by atoms with E-state index in [4.69, 9.17) is 23.2 Å². The van der Waals surface area contributed by atoms with E-state index in [2.05, 4.69) is 5.32 Å². The molecule has 0 unspecified atom stereocenters. The first-order chi connectivity index (χ1) is 12.4. The fourth-order valence-electron chi connectivity index (χ4n) is 3.11. The molecule has 3 rings (SSSR count). The summed E-state index contributed by atoms with van der Waals surface area (Å²) in [5.74, 6) is -0.181. The van der Waals surface area contributed by atoms with Crippen LogP contribution in [0.5, 0.6) is 0 Å². The smallest absolute Gasteiger partial charge is 0.253 e. The predicted molar refractivity (Wildman–Crippen MR) is 105 cm³/mol. The third-order valence-electron chi connectivity index (χ3n) is 4.68. The van der Waals surface area contributed by atoms with Gasteiger partial charge in [-0.25, -0.2) is 0 Å². The second-order valence-corrected chi connectivity index (χ2v) is 7.40. The van der Waals surface area contributed by atoms with Crippen LogP contribution < -0.4 is 5.32 Å². The number of anilines is 1. The summed E-state index contributed by atoms with van der Waals surface area (Å²) in [6.07, 6.45) is 1.27. The first-order valence-corrected chi connectivity index (χ1v) is 9.31. The van der Waals surface area contributed by atoms with Crippen molar-refractivity contribution in [2.45, 2.75) is 19.8 Å². The van der Waals surface area contributed by atoms with Crippen molar-refractivity contribution in [2.24, 2.45) is 5.92 Å². The van der Waals surface area contributed by atoms with Gasteiger partial charge < -0.3 is 10.2 Å². The van der Waals surface area contributed by atoms with E-state index in [0.717, 1.165) is 11.3 Å². The average molecular weight is 391 g/mol. The van der Waals surface area contributed by atoms with Crippen LogP contribution >= 0.6 is 23.2 Å². The van der Waals surface area contributed by atoms with Gasteiger partial charge in [0.25, 0.3) is 5.91 Å². The van der Waals surface area contributed by atoms with Gasteiger partial charge in [-0.15, -0.1) is 0 Å². The topological polar surface area (TPSA) is 49.4 Å². The van der Waals surface area contributed by atoms with E-state index in [0.29, 0.717) is 41.5 Å². The van der Waals surface area contributed by atoms with Crippen molar-refractivity contribution in [1.82, 2.24) is 4.90 Å². The summed E-state index contributed by atoms with van der Waals surface area (Å²) in [5.41, 5.74) is 2.28. The number of rotatable bonds is 3. The number of carbonyl (C=O) groups is 2. The van der Waals surface area contributed by atoms with Crippen LogP contribution in [-0.4, -0.2) is 29.8 Å². The largest absolute Gasteiger partial charge is 0.339 e. The molecule has 0 spiro atoms. The molecule has 0 aliphatic carbocycles. The maximum absolute atomic E-state index is 12.6. The maximum atomic E-state index is 12.6. The Balaban J connectivity index is 1.58. The van der Waals surface area contributed by atoms with Crippen LogP contribution in [0.4, 0.5) is 5.69 Å². The fourth-order valence-corrected chi connectivity index (χ4v) is 3.47. The number of likely N-dealkylation sites (tertiary alicyclic amines) is 1. The standard InChI is InChI=1S/C20H20Cl2N2O2/c1-13-5-6-17(22)12-18(13)23-19(25)14-7-9-24(10-8-14)20(26)15-3-2-4-16(21)11-15/h2-6,11-12,14H,7-10H2,1H3,(H,23,25). The number of piperidine rings is 1. The normalized spacial score (nSPS) is 15.0. The first kappa shape index (κ1) is 18.7. The quantitative estimate of drug-likeness (QED) is 0.818. The van der Waals surface area contributed by atoms with Crippen LogP contribution in [-0.2, 0) is 4.79 Å². The van der Waals surface area contributed by atoms with Crippen LogP contribution in [0.2, 0.25) is 10.0 Å². The SMILES string of the molecule is Cc1ccc(Cl)cc1NC(=O)C1CCN(C(=O)c2cccc(Cl)c2)CC1. The molecule has 1 aliphatic rings. The number of hydrogen-bond donors (Lipinski definition) is 1. The predicted octanol–water partition coefficient (Wildman–Crippen LogP) is 4.79. The Kier molecular flexibility index (Phi) is 5.84. The zero-order chi connectivity index (χ0) is 18.7. The average Bonchev–Trinajstić information content (AvgIpc) is 2.64. The number of aryl methyl sites for hydroxylation is 1. The van der Waals surface area contributed by atoms with Crippen molar-refractivity contribution in [3.8, 4) is 0 Å². The highest BCUT2D eigenvalue weighted by molar-refractivity contribution is 6.31. The molecule has 0 aromatic heterocycles. The molecule has 2 amide bonds. The summed E-state index contributed by atoms with van der Waals surface area (Å²) >= 11 is 12.0. The Bertz CT molecular complexity index is 830. The molecule has 2 aromatic rings. The van der Waals surface area contributed by atoms with Crippen molar-refractivity contribution in [3.63, 3.8) is 0 Å². The highest BCUT2D eigenvalue weighted by atomic mass is 35.5. The molecule has 2 aromatic carbocycles. The van der Waals surface area contributed by atoms with Gasteiger partial charge in [0.15, 0.2) is 0 Å². The number of benzene rings is 2. The van der Waals surface area contributed by atoms with Gasteiger partial charge >= 0.3 is 0 Å². The van der Waals surface area contributed by atoms with E-state index >= 15 is 0 Å². The van der Waals surface area contributed by atoms with Crippen molar-refractivity contribution in [3.05, 3.63) is 63.6 Å². The second-order valence-electron chi connectivity index (χ2n) is 6.53. The van der Waals surface area contributed by atoms with Crippen LogP contribution in [0, 0.1) is 12.8 Å². The fraction of sp³-hybridized carbons (Fsp3) is 0.300. The lowest BCUT2D eigenvalue weighted by Gasteiger charge is -2.31. The number of nitrogens with one attached hydrogen (secondary N) is 1. The van der Waals surface area contributed by atoms with Gasteiger partial charge in [0.2, 0.25) is 5.91 Å². The minimum Gasteiger partial charge on any atom is -0.339 e. The number of nitrogens with zero attached hydrogens (tertiary/aromatic N) is 1. The molecule has 1 aliphatic heterocycles. The zero-order valence-corrected chi connectivity index (χ0v) is 16.0. The molecule has 0 radical (unpaired) electrons. The van der Waals surface area contributed by atoms with Crippen molar-refractivity contribution >= 4 is 40.7 Å². The van der Waals surface area contributed by atoms with Crippen LogP contribution in [0.1, 0.15) is 28.8 Å². The lowest BCUT2D eigenvalue weighted by atomic mass is 9.95. The van der Waals surface area contributed by atoms with Gasteiger partial charge in [0, 0.05) is 40.3 Å². The molecule has 0 bridgehead atoms. The van der Waals surface area contributed by atoms with Gasteiger partial charge in [-0.2, -0.15) is 0 Å². The Hall–Kier alpha value is -2.04.